The quantitative estimate of drug-likeness (QED) is 0.243. The van der Waals surface area contributed by atoms with Crippen LogP contribution < -0.4 is 5.32 Å². The van der Waals surface area contributed by atoms with E-state index in [1.54, 1.807) is 12.1 Å². The molecule has 180 valence electrons. The van der Waals surface area contributed by atoms with Gasteiger partial charge in [-0.05, 0) is 47.5 Å². The Morgan fingerprint density at radius 1 is 0.833 bits per heavy atom. The SMILES string of the molecule is OC(CNc1ccc(F)cc1)(c1ccc(Br)cc1)c1nnn(Cc2ccccc2)c1-c1ccccc1. The third kappa shape index (κ3) is 5.08. The summed E-state index contributed by atoms with van der Waals surface area (Å²) in [6.45, 7) is 0.601. The fourth-order valence-corrected chi connectivity index (χ4v) is 4.45. The Balaban J connectivity index is 1.63. The fourth-order valence-electron chi connectivity index (χ4n) is 4.19. The Morgan fingerprint density at radius 2 is 1.47 bits per heavy atom. The van der Waals surface area contributed by atoms with Crippen LogP contribution in [0, 0.1) is 5.82 Å². The van der Waals surface area contributed by atoms with Crippen LogP contribution in [0.2, 0.25) is 0 Å². The van der Waals surface area contributed by atoms with Gasteiger partial charge < -0.3 is 10.4 Å². The van der Waals surface area contributed by atoms with Crippen LogP contribution in [0.15, 0.2) is 114 Å². The Hall–Kier alpha value is -3.81. The second kappa shape index (κ2) is 10.4. The standard InChI is InChI=1S/C29H24BrFN4O/c30-24-13-11-23(12-14-24)29(36,20-32-26-17-15-25(31)16-18-26)28-27(22-9-5-2-6-10-22)35(34-33-28)19-21-7-3-1-4-8-21/h1-18,32,36H,19-20H2. The van der Waals surface area contributed by atoms with Crippen molar-refractivity contribution in [3.63, 3.8) is 0 Å². The van der Waals surface area contributed by atoms with Gasteiger partial charge in [0.25, 0.3) is 0 Å². The summed E-state index contributed by atoms with van der Waals surface area (Å²) >= 11 is 3.48. The van der Waals surface area contributed by atoms with E-state index >= 15 is 0 Å². The molecule has 1 heterocycles. The van der Waals surface area contributed by atoms with Crippen LogP contribution in [0.5, 0.6) is 0 Å². The molecule has 36 heavy (non-hydrogen) atoms. The average molecular weight is 543 g/mol. The van der Waals surface area contributed by atoms with E-state index < -0.39 is 5.60 Å². The molecule has 1 aromatic heterocycles. The highest BCUT2D eigenvalue weighted by molar-refractivity contribution is 9.10. The maximum atomic E-state index is 13.4. The van der Waals surface area contributed by atoms with E-state index in [9.17, 15) is 9.50 Å². The number of hydrogen-bond acceptors (Lipinski definition) is 4. The molecule has 1 unspecified atom stereocenters. The molecule has 0 saturated heterocycles. The van der Waals surface area contributed by atoms with Gasteiger partial charge in [-0.25, -0.2) is 9.07 Å². The normalized spacial score (nSPS) is 12.8. The molecule has 0 bridgehead atoms. The number of aromatic nitrogens is 3. The van der Waals surface area contributed by atoms with Crippen molar-refractivity contribution in [1.82, 2.24) is 15.0 Å². The molecule has 1 atom stereocenters. The number of rotatable bonds is 8. The average Bonchev–Trinajstić information content (AvgIpc) is 3.34. The van der Waals surface area contributed by atoms with Crippen LogP contribution in [0.1, 0.15) is 16.8 Å². The van der Waals surface area contributed by atoms with Gasteiger partial charge in [0, 0.05) is 15.7 Å². The lowest BCUT2D eigenvalue weighted by molar-refractivity contribution is 0.0907. The van der Waals surface area contributed by atoms with E-state index in [0.29, 0.717) is 23.5 Å². The van der Waals surface area contributed by atoms with Crippen LogP contribution in [0.25, 0.3) is 11.3 Å². The summed E-state index contributed by atoms with van der Waals surface area (Å²) in [5.74, 6) is -0.320. The Bertz CT molecular complexity index is 1420. The molecule has 0 aliphatic carbocycles. The number of hydrogen-bond donors (Lipinski definition) is 2. The van der Waals surface area contributed by atoms with Crippen molar-refractivity contribution in [3.05, 3.63) is 136 Å². The monoisotopic (exact) mass is 542 g/mol. The number of nitrogens with one attached hydrogen (secondary N) is 1. The Kier molecular flexibility index (Phi) is 6.93. The first-order valence-corrected chi connectivity index (χ1v) is 12.3. The number of halogens is 2. The predicted octanol–water partition coefficient (Wildman–Crippen LogP) is 6.24. The van der Waals surface area contributed by atoms with Crippen molar-refractivity contribution in [2.24, 2.45) is 0 Å². The molecule has 0 aliphatic rings. The molecular weight excluding hydrogens is 519 g/mol. The lowest BCUT2D eigenvalue weighted by atomic mass is 9.87. The molecule has 7 heteroatoms. The summed E-state index contributed by atoms with van der Waals surface area (Å²) in [4.78, 5) is 0. The van der Waals surface area contributed by atoms with Gasteiger partial charge in [0.1, 0.15) is 11.5 Å². The van der Waals surface area contributed by atoms with Gasteiger partial charge in [-0.3, -0.25) is 0 Å². The maximum Gasteiger partial charge on any atom is 0.153 e. The van der Waals surface area contributed by atoms with Gasteiger partial charge >= 0.3 is 0 Å². The summed E-state index contributed by atoms with van der Waals surface area (Å²) in [5.41, 5.74) is 2.94. The molecule has 5 aromatic rings. The lowest BCUT2D eigenvalue weighted by Gasteiger charge is -2.29. The van der Waals surface area contributed by atoms with Gasteiger partial charge in [-0.15, -0.1) is 5.10 Å². The van der Waals surface area contributed by atoms with Gasteiger partial charge in [-0.1, -0.05) is 93.9 Å². The minimum absolute atomic E-state index is 0.101. The van der Waals surface area contributed by atoms with Gasteiger partial charge in [-0.2, -0.15) is 0 Å². The Morgan fingerprint density at radius 3 is 2.14 bits per heavy atom. The lowest BCUT2D eigenvalue weighted by Crippen LogP contribution is -2.36. The molecule has 0 spiro atoms. The van der Waals surface area contributed by atoms with Crippen molar-refractivity contribution in [3.8, 4) is 11.3 Å². The summed E-state index contributed by atoms with van der Waals surface area (Å²) in [5, 5.41) is 24.6. The van der Waals surface area contributed by atoms with Crippen molar-refractivity contribution in [2.75, 3.05) is 11.9 Å². The minimum Gasteiger partial charge on any atom is -0.381 e. The van der Waals surface area contributed by atoms with E-state index in [1.807, 2.05) is 89.6 Å². The molecule has 0 aliphatic heterocycles. The molecule has 5 nitrogen and oxygen atoms in total. The van der Waals surface area contributed by atoms with E-state index in [2.05, 4.69) is 31.6 Å². The highest BCUT2D eigenvalue weighted by Gasteiger charge is 2.38. The smallest absolute Gasteiger partial charge is 0.153 e. The molecule has 2 N–H and O–H groups in total. The third-order valence-electron chi connectivity index (χ3n) is 6.06. The van der Waals surface area contributed by atoms with E-state index in [4.69, 9.17) is 0 Å². The van der Waals surface area contributed by atoms with Crippen LogP contribution in [0.3, 0.4) is 0 Å². The largest absolute Gasteiger partial charge is 0.381 e. The number of anilines is 1. The van der Waals surface area contributed by atoms with Crippen LogP contribution in [-0.4, -0.2) is 26.6 Å². The zero-order valence-electron chi connectivity index (χ0n) is 19.4. The molecule has 0 amide bonds. The van der Waals surface area contributed by atoms with E-state index in [0.717, 1.165) is 21.3 Å². The van der Waals surface area contributed by atoms with Gasteiger partial charge in [0.15, 0.2) is 5.60 Å². The van der Waals surface area contributed by atoms with E-state index in [1.165, 1.54) is 12.1 Å². The van der Waals surface area contributed by atoms with Gasteiger partial charge in [0.2, 0.25) is 0 Å². The first kappa shape index (κ1) is 23.9. The highest BCUT2D eigenvalue weighted by Crippen LogP contribution is 2.36. The van der Waals surface area contributed by atoms with Crippen LogP contribution >= 0.6 is 15.9 Å². The first-order valence-electron chi connectivity index (χ1n) is 11.5. The minimum atomic E-state index is -1.53. The van der Waals surface area contributed by atoms with Crippen molar-refractivity contribution >= 4 is 21.6 Å². The highest BCUT2D eigenvalue weighted by atomic mass is 79.9. The number of aliphatic hydroxyl groups is 1. The summed E-state index contributed by atoms with van der Waals surface area (Å²) in [6.07, 6.45) is 0. The second-order valence-electron chi connectivity index (χ2n) is 8.52. The molecule has 5 rings (SSSR count). The van der Waals surface area contributed by atoms with E-state index in [-0.39, 0.29) is 12.4 Å². The number of nitrogens with zero attached hydrogens (tertiary/aromatic N) is 3. The topological polar surface area (TPSA) is 63.0 Å². The van der Waals surface area contributed by atoms with Gasteiger partial charge in [0.05, 0.1) is 18.8 Å². The molecule has 0 fully saturated rings. The van der Waals surface area contributed by atoms with Crippen molar-refractivity contribution < 1.29 is 9.50 Å². The summed E-state index contributed by atoms with van der Waals surface area (Å²) in [6, 6.07) is 33.4. The van der Waals surface area contributed by atoms with Crippen molar-refractivity contribution in [2.45, 2.75) is 12.1 Å². The molecule has 4 aromatic carbocycles. The molecular formula is C29H24BrFN4O. The zero-order chi connectivity index (χ0) is 25.0. The fraction of sp³-hybridized carbons (Fsp3) is 0.103. The summed E-state index contributed by atoms with van der Waals surface area (Å²) < 4.78 is 16.2. The molecule has 0 radical (unpaired) electrons. The number of benzene rings is 4. The van der Waals surface area contributed by atoms with Crippen molar-refractivity contribution in [1.29, 1.82) is 0 Å². The first-order chi connectivity index (χ1) is 17.5. The molecule has 0 saturated carbocycles. The van der Waals surface area contributed by atoms with Crippen LogP contribution in [-0.2, 0) is 12.1 Å². The second-order valence-corrected chi connectivity index (χ2v) is 9.44. The predicted molar refractivity (Wildman–Crippen MR) is 143 cm³/mol. The third-order valence-corrected chi connectivity index (χ3v) is 6.59. The zero-order valence-corrected chi connectivity index (χ0v) is 20.9. The Labute approximate surface area is 217 Å². The van der Waals surface area contributed by atoms with Crippen LogP contribution in [0.4, 0.5) is 10.1 Å². The summed E-state index contributed by atoms with van der Waals surface area (Å²) in [7, 11) is 0. The maximum absolute atomic E-state index is 13.4.